The number of carboxylic acid groups (broad SMARTS) is 1. The second-order valence-corrected chi connectivity index (χ2v) is 4.70. The molecule has 2 rings (SSSR count). The average Bonchev–Trinajstić information content (AvgIpc) is 2.35. The Hall–Kier alpha value is -1.56. The topological polar surface area (TPSA) is 70.5 Å². The fraction of sp³-hybridized carbons (Fsp3) is 0.364. The summed E-state index contributed by atoms with van der Waals surface area (Å²) in [6.45, 7) is 0.613. The summed E-state index contributed by atoms with van der Waals surface area (Å²) in [6, 6.07) is 3.62. The number of carbonyl (C=O) groups is 2. The van der Waals surface area contributed by atoms with Crippen molar-refractivity contribution in [2.75, 3.05) is 17.2 Å². The van der Waals surface area contributed by atoms with Gasteiger partial charge in [0.15, 0.2) is 0 Å². The van der Waals surface area contributed by atoms with Crippen LogP contribution in [0.3, 0.4) is 0 Å². The van der Waals surface area contributed by atoms with Crippen molar-refractivity contribution < 1.29 is 14.7 Å². The lowest BCUT2D eigenvalue weighted by Gasteiger charge is -2.27. The molecule has 0 aliphatic carbocycles. The quantitative estimate of drug-likeness (QED) is 0.880. The van der Waals surface area contributed by atoms with Crippen LogP contribution in [0.1, 0.15) is 12.8 Å². The van der Waals surface area contributed by atoms with Crippen molar-refractivity contribution in [2.24, 2.45) is 0 Å². The molecule has 5 nitrogen and oxygen atoms in total. The van der Waals surface area contributed by atoms with Crippen molar-refractivity contribution in [2.45, 2.75) is 17.9 Å². The number of fused-ring (bicyclic) bond motifs is 1. The van der Waals surface area contributed by atoms with Crippen molar-refractivity contribution in [1.82, 2.24) is 4.98 Å². The largest absolute Gasteiger partial charge is 0.481 e. The van der Waals surface area contributed by atoms with Crippen molar-refractivity contribution in [1.29, 1.82) is 0 Å². The molecule has 1 aromatic rings. The average molecular weight is 252 g/mol. The minimum atomic E-state index is -0.948. The van der Waals surface area contributed by atoms with E-state index >= 15 is 0 Å². The van der Waals surface area contributed by atoms with Gasteiger partial charge in [-0.2, -0.15) is 0 Å². The van der Waals surface area contributed by atoms with Crippen LogP contribution >= 0.6 is 11.8 Å². The highest BCUT2D eigenvalue weighted by Gasteiger charge is 2.23. The first kappa shape index (κ1) is 11.9. The third-order valence-electron chi connectivity index (χ3n) is 2.45. The molecule has 0 aromatic carbocycles. The summed E-state index contributed by atoms with van der Waals surface area (Å²) in [6.07, 6.45) is 1.60. The molecule has 0 radical (unpaired) electrons. The van der Waals surface area contributed by atoms with Crippen molar-refractivity contribution >= 4 is 29.3 Å². The first-order chi connectivity index (χ1) is 8.18. The molecule has 0 unspecified atom stereocenters. The molecule has 17 heavy (non-hydrogen) atoms. The first-order valence-electron chi connectivity index (χ1n) is 5.28. The number of aromatic nitrogens is 1. The zero-order valence-electron chi connectivity index (χ0n) is 9.13. The summed E-state index contributed by atoms with van der Waals surface area (Å²) in [5.74, 6) is -0.305. The van der Waals surface area contributed by atoms with E-state index in [0.29, 0.717) is 6.54 Å². The van der Waals surface area contributed by atoms with E-state index in [1.807, 2.05) is 6.07 Å². The van der Waals surface area contributed by atoms with E-state index in [1.165, 1.54) is 0 Å². The molecule has 1 N–H and O–H groups in total. The van der Waals surface area contributed by atoms with Crippen molar-refractivity contribution in [3.63, 3.8) is 0 Å². The van der Waals surface area contributed by atoms with Gasteiger partial charge in [0.25, 0.3) is 0 Å². The Morgan fingerprint density at radius 2 is 2.29 bits per heavy atom. The molecule has 0 saturated heterocycles. The van der Waals surface area contributed by atoms with E-state index in [-0.39, 0.29) is 18.7 Å². The van der Waals surface area contributed by atoms with Gasteiger partial charge in [0.1, 0.15) is 5.03 Å². The lowest BCUT2D eigenvalue weighted by molar-refractivity contribution is -0.138. The van der Waals surface area contributed by atoms with Crippen LogP contribution < -0.4 is 4.90 Å². The lowest BCUT2D eigenvalue weighted by Crippen LogP contribution is -2.35. The minimum absolute atomic E-state index is 0.0360. The molecule has 0 fully saturated rings. The van der Waals surface area contributed by atoms with Gasteiger partial charge >= 0.3 is 5.97 Å². The number of thioether (sulfide) groups is 1. The summed E-state index contributed by atoms with van der Waals surface area (Å²) in [5, 5.41) is 9.40. The van der Waals surface area contributed by atoms with Crippen molar-refractivity contribution in [3.8, 4) is 0 Å². The van der Waals surface area contributed by atoms with Gasteiger partial charge in [-0.3, -0.25) is 9.59 Å². The van der Waals surface area contributed by atoms with E-state index in [0.717, 1.165) is 16.5 Å². The number of nitrogens with zero attached hydrogens (tertiary/aromatic N) is 2. The van der Waals surface area contributed by atoms with Crippen LogP contribution in [-0.2, 0) is 9.59 Å². The molecule has 0 atom stereocenters. The third kappa shape index (κ3) is 2.76. The predicted molar refractivity (Wildman–Crippen MR) is 64.2 cm³/mol. The van der Waals surface area contributed by atoms with Crippen LogP contribution in [0, 0.1) is 0 Å². The van der Waals surface area contributed by atoms with Crippen LogP contribution in [0.4, 0.5) is 5.69 Å². The highest BCUT2D eigenvalue weighted by Crippen LogP contribution is 2.32. The predicted octanol–water partition coefficient (Wildman–Crippen LogP) is 1.39. The van der Waals surface area contributed by atoms with Gasteiger partial charge in [0.2, 0.25) is 5.91 Å². The normalized spacial score (nSPS) is 14.2. The monoisotopic (exact) mass is 252 g/mol. The summed E-state index contributed by atoms with van der Waals surface area (Å²) in [5.41, 5.74) is 0.791. The molecule has 2 heterocycles. The van der Waals surface area contributed by atoms with E-state index < -0.39 is 5.97 Å². The van der Waals surface area contributed by atoms with E-state index in [1.54, 1.807) is 28.9 Å². The zero-order valence-corrected chi connectivity index (χ0v) is 9.94. The number of carbonyl (C=O) groups excluding carboxylic acids is 1. The number of carboxylic acids is 1. The molecule has 0 saturated carbocycles. The second kappa shape index (κ2) is 5.18. The highest BCUT2D eigenvalue weighted by molar-refractivity contribution is 7.99. The number of amides is 1. The van der Waals surface area contributed by atoms with Gasteiger partial charge in [-0.05, 0) is 12.1 Å². The first-order valence-corrected chi connectivity index (χ1v) is 6.27. The molecule has 1 amide bonds. The van der Waals surface area contributed by atoms with Gasteiger partial charge in [0, 0.05) is 24.9 Å². The SMILES string of the molecule is O=C(O)CCC(=O)N1CCSc2ncccc21. The Morgan fingerprint density at radius 1 is 1.47 bits per heavy atom. The summed E-state index contributed by atoms with van der Waals surface area (Å²) in [7, 11) is 0. The summed E-state index contributed by atoms with van der Waals surface area (Å²) in [4.78, 5) is 28.2. The van der Waals surface area contributed by atoms with E-state index in [9.17, 15) is 9.59 Å². The number of aliphatic carboxylic acids is 1. The van der Waals surface area contributed by atoms with Crippen molar-refractivity contribution in [3.05, 3.63) is 18.3 Å². The van der Waals surface area contributed by atoms with Crippen LogP contribution in [0.25, 0.3) is 0 Å². The summed E-state index contributed by atoms with van der Waals surface area (Å²) >= 11 is 1.61. The van der Waals surface area contributed by atoms with Crippen LogP contribution in [0.5, 0.6) is 0 Å². The number of rotatable bonds is 3. The number of anilines is 1. The van der Waals surface area contributed by atoms with E-state index in [4.69, 9.17) is 5.11 Å². The zero-order chi connectivity index (χ0) is 12.3. The molecule has 0 spiro atoms. The van der Waals surface area contributed by atoms with Gasteiger partial charge in [-0.25, -0.2) is 4.98 Å². The molecule has 1 aromatic heterocycles. The standard InChI is InChI=1S/C11H12N2O3S/c14-9(3-4-10(15)16)13-6-7-17-11-8(13)2-1-5-12-11/h1-2,5H,3-4,6-7H2,(H,15,16). The summed E-state index contributed by atoms with van der Waals surface area (Å²) < 4.78 is 0. The Bertz CT molecular complexity index is 450. The number of hydrogen-bond donors (Lipinski definition) is 1. The maximum Gasteiger partial charge on any atom is 0.303 e. The second-order valence-electron chi connectivity index (χ2n) is 3.62. The molecule has 1 aliphatic heterocycles. The fourth-order valence-corrected chi connectivity index (χ4v) is 2.59. The highest BCUT2D eigenvalue weighted by atomic mass is 32.2. The van der Waals surface area contributed by atoms with Gasteiger partial charge in [-0.1, -0.05) is 0 Å². The molecule has 0 bridgehead atoms. The smallest absolute Gasteiger partial charge is 0.303 e. The lowest BCUT2D eigenvalue weighted by atomic mass is 10.2. The fourth-order valence-electron chi connectivity index (χ4n) is 1.66. The Morgan fingerprint density at radius 3 is 3.06 bits per heavy atom. The molecular weight excluding hydrogens is 240 g/mol. The molecular formula is C11H12N2O3S. The maximum atomic E-state index is 11.9. The Labute approximate surface area is 103 Å². The van der Waals surface area contributed by atoms with Gasteiger partial charge in [-0.15, -0.1) is 11.8 Å². The van der Waals surface area contributed by atoms with Crippen LogP contribution in [-0.4, -0.2) is 34.3 Å². The van der Waals surface area contributed by atoms with Gasteiger partial charge < -0.3 is 10.0 Å². The van der Waals surface area contributed by atoms with Gasteiger partial charge in [0.05, 0.1) is 12.1 Å². The third-order valence-corrected chi connectivity index (χ3v) is 3.42. The number of pyridine rings is 1. The molecule has 6 heteroatoms. The molecule has 1 aliphatic rings. The Balaban J connectivity index is 2.12. The Kier molecular flexibility index (Phi) is 3.63. The minimum Gasteiger partial charge on any atom is -0.481 e. The maximum absolute atomic E-state index is 11.9. The van der Waals surface area contributed by atoms with Crippen LogP contribution in [0.2, 0.25) is 0 Å². The molecule has 90 valence electrons. The number of hydrogen-bond acceptors (Lipinski definition) is 4. The van der Waals surface area contributed by atoms with E-state index in [2.05, 4.69) is 4.98 Å². The van der Waals surface area contributed by atoms with Crippen LogP contribution in [0.15, 0.2) is 23.4 Å².